The van der Waals surface area contributed by atoms with Crippen molar-refractivity contribution in [3.63, 3.8) is 0 Å². The molecule has 1 aliphatic heterocycles. The van der Waals surface area contributed by atoms with Crippen LogP contribution >= 0.6 is 7.60 Å². The van der Waals surface area contributed by atoms with Gasteiger partial charge in [-0.1, -0.05) is 17.3 Å². The smallest absolute Gasteiger partial charge is 0.329 e. The second-order valence-corrected chi connectivity index (χ2v) is 11.5. The molecule has 14 heteroatoms. The number of nitrogens with zero attached hydrogens (tertiary/aromatic N) is 4. The van der Waals surface area contributed by atoms with Crippen LogP contribution in [0.1, 0.15) is 49.8 Å². The van der Waals surface area contributed by atoms with E-state index >= 15 is 0 Å². The SMILES string of the molecule is O=C(O)CCC(CP(=O)(O)OC[C@@H]1CCCN1C(=O)CCc1ccc(-n2cc(CCCF)nn2)cc1)C(=O)O. The molecule has 12 nitrogen and oxygen atoms in total. The van der Waals surface area contributed by atoms with Gasteiger partial charge in [0.05, 0.1) is 49.0 Å². The molecule has 3 atom stereocenters. The second-order valence-electron chi connectivity index (χ2n) is 9.58. The number of likely N-dealkylation sites (tertiary alicyclic amines) is 1. The molecular formula is C25H34FN4O8P. The summed E-state index contributed by atoms with van der Waals surface area (Å²) in [7, 11) is -4.31. The largest absolute Gasteiger partial charge is 0.481 e. The molecular weight excluding hydrogens is 534 g/mol. The minimum Gasteiger partial charge on any atom is -0.481 e. The van der Waals surface area contributed by atoms with Crippen LogP contribution in [-0.4, -0.2) is 84.9 Å². The number of amides is 1. The normalized spacial score (nSPS) is 17.6. The molecule has 0 spiro atoms. The zero-order chi connectivity index (χ0) is 28.4. The van der Waals surface area contributed by atoms with Crippen molar-refractivity contribution in [3.8, 4) is 5.69 Å². The molecule has 1 aromatic carbocycles. The number of carbonyl (C=O) groups excluding carboxylic acids is 1. The number of halogens is 1. The lowest BCUT2D eigenvalue weighted by molar-refractivity contribution is -0.142. The van der Waals surface area contributed by atoms with Crippen molar-refractivity contribution in [2.45, 2.75) is 57.4 Å². The molecule has 1 saturated heterocycles. The van der Waals surface area contributed by atoms with Crippen molar-refractivity contribution in [3.05, 3.63) is 41.7 Å². The van der Waals surface area contributed by atoms with Crippen LogP contribution in [0.5, 0.6) is 0 Å². The van der Waals surface area contributed by atoms with Crippen molar-refractivity contribution < 1.29 is 43.0 Å². The first kappa shape index (κ1) is 30.4. The number of carboxylic acid groups (broad SMARTS) is 2. The number of aryl methyl sites for hydroxylation is 2. The van der Waals surface area contributed by atoms with Crippen molar-refractivity contribution in [2.24, 2.45) is 5.92 Å². The highest BCUT2D eigenvalue weighted by Crippen LogP contribution is 2.45. The Labute approximate surface area is 225 Å². The van der Waals surface area contributed by atoms with E-state index in [1.807, 2.05) is 24.3 Å². The van der Waals surface area contributed by atoms with Gasteiger partial charge in [-0.3, -0.25) is 23.3 Å². The first-order valence-corrected chi connectivity index (χ1v) is 14.6. The number of aromatic nitrogens is 3. The third kappa shape index (κ3) is 9.52. The molecule has 39 heavy (non-hydrogen) atoms. The van der Waals surface area contributed by atoms with Gasteiger partial charge in [0, 0.05) is 19.4 Å². The molecule has 0 radical (unpaired) electrons. The molecule has 214 valence electrons. The number of hydrogen-bond donors (Lipinski definition) is 3. The quantitative estimate of drug-likeness (QED) is 0.256. The summed E-state index contributed by atoms with van der Waals surface area (Å²) < 4.78 is 31.7. The maximum absolute atomic E-state index is 12.9. The molecule has 2 aromatic rings. The number of rotatable bonds is 16. The van der Waals surface area contributed by atoms with Crippen LogP contribution in [0.2, 0.25) is 0 Å². The van der Waals surface area contributed by atoms with Crippen LogP contribution in [-0.2, 0) is 36.3 Å². The number of carbonyl (C=O) groups is 3. The van der Waals surface area contributed by atoms with E-state index in [1.165, 1.54) is 0 Å². The third-order valence-electron chi connectivity index (χ3n) is 6.61. The highest BCUT2D eigenvalue weighted by molar-refractivity contribution is 7.52. The topological polar surface area (TPSA) is 172 Å². The number of alkyl halides is 1. The summed E-state index contributed by atoms with van der Waals surface area (Å²) in [6.45, 7) is -0.114. The molecule has 1 fully saturated rings. The molecule has 1 aromatic heterocycles. The van der Waals surface area contributed by atoms with Crippen molar-refractivity contribution in [1.82, 2.24) is 19.9 Å². The summed E-state index contributed by atoms with van der Waals surface area (Å²) in [6, 6.07) is 7.10. The molecule has 2 heterocycles. The van der Waals surface area contributed by atoms with E-state index in [9.17, 15) is 33.3 Å². The third-order valence-corrected chi connectivity index (χ3v) is 8.06. The zero-order valence-electron chi connectivity index (χ0n) is 21.5. The van der Waals surface area contributed by atoms with Crippen LogP contribution in [0, 0.1) is 5.92 Å². The first-order valence-electron chi connectivity index (χ1n) is 12.8. The van der Waals surface area contributed by atoms with E-state index in [-0.39, 0.29) is 25.4 Å². The summed E-state index contributed by atoms with van der Waals surface area (Å²) in [4.78, 5) is 46.8. The Morgan fingerprint density at radius 3 is 2.56 bits per heavy atom. The number of aliphatic carboxylic acids is 2. The van der Waals surface area contributed by atoms with Gasteiger partial charge in [0.15, 0.2) is 0 Å². The van der Waals surface area contributed by atoms with Gasteiger partial charge in [-0.25, -0.2) is 4.68 Å². The minimum absolute atomic E-state index is 0.114. The Morgan fingerprint density at radius 2 is 1.90 bits per heavy atom. The van der Waals surface area contributed by atoms with Gasteiger partial charge in [-0.15, -0.1) is 5.10 Å². The van der Waals surface area contributed by atoms with Crippen molar-refractivity contribution >= 4 is 25.4 Å². The molecule has 0 bridgehead atoms. The maximum Gasteiger partial charge on any atom is 0.329 e. The van der Waals surface area contributed by atoms with Gasteiger partial charge >= 0.3 is 19.5 Å². The minimum atomic E-state index is -4.31. The molecule has 1 aliphatic rings. The van der Waals surface area contributed by atoms with E-state index in [2.05, 4.69) is 10.3 Å². The van der Waals surface area contributed by atoms with Gasteiger partial charge in [0.1, 0.15) is 0 Å². The molecule has 0 aliphatic carbocycles. The van der Waals surface area contributed by atoms with Gasteiger partial charge < -0.3 is 24.5 Å². The monoisotopic (exact) mass is 568 g/mol. The predicted octanol–water partition coefficient (Wildman–Crippen LogP) is 2.86. The number of hydrogen-bond acceptors (Lipinski definition) is 7. The van der Waals surface area contributed by atoms with E-state index < -0.39 is 50.8 Å². The molecule has 0 saturated carbocycles. The summed E-state index contributed by atoms with van der Waals surface area (Å²) in [5.74, 6) is -3.99. The highest BCUT2D eigenvalue weighted by Gasteiger charge is 2.34. The fraction of sp³-hybridized carbons (Fsp3) is 0.560. The lowest BCUT2D eigenvalue weighted by Gasteiger charge is -2.26. The number of benzene rings is 1. The van der Waals surface area contributed by atoms with E-state index in [0.717, 1.165) is 11.3 Å². The highest BCUT2D eigenvalue weighted by atomic mass is 31.2. The van der Waals surface area contributed by atoms with Gasteiger partial charge in [0.25, 0.3) is 0 Å². The summed E-state index contributed by atoms with van der Waals surface area (Å²) in [6.07, 6.45) is 3.29. The molecule has 1 amide bonds. The zero-order valence-corrected chi connectivity index (χ0v) is 22.4. The maximum atomic E-state index is 12.9. The van der Waals surface area contributed by atoms with Gasteiger partial charge in [-0.05, 0) is 56.2 Å². The lowest BCUT2D eigenvalue weighted by Crippen LogP contribution is -2.38. The standard InChI is InChI=1S/C25H34FN4O8P/c26-13-1-3-20-15-30(28-27-20)21-9-5-18(6-10-21)7-11-23(31)29-14-2-4-22(29)16-38-39(36,37)17-19(25(34)35)8-12-24(32)33/h5-6,9-10,15,19,22H,1-4,7-8,11-14,16-17H2,(H,32,33)(H,34,35)(H,36,37)/t19?,22-/m0/s1. The first-order chi connectivity index (χ1) is 18.6. The van der Waals surface area contributed by atoms with Crippen LogP contribution in [0.25, 0.3) is 5.69 Å². The fourth-order valence-corrected chi connectivity index (χ4v) is 5.87. The van der Waals surface area contributed by atoms with Crippen LogP contribution in [0.15, 0.2) is 30.5 Å². The van der Waals surface area contributed by atoms with Crippen LogP contribution < -0.4 is 0 Å². The van der Waals surface area contributed by atoms with E-state index in [4.69, 9.17) is 9.63 Å². The van der Waals surface area contributed by atoms with Crippen LogP contribution in [0.4, 0.5) is 4.39 Å². The Balaban J connectivity index is 1.48. The van der Waals surface area contributed by atoms with Gasteiger partial charge in [0.2, 0.25) is 5.91 Å². The lowest BCUT2D eigenvalue weighted by atomic mass is 10.1. The summed E-state index contributed by atoms with van der Waals surface area (Å²) in [5, 5.41) is 26.1. The van der Waals surface area contributed by atoms with E-state index in [1.54, 1.807) is 15.8 Å². The second kappa shape index (κ2) is 14.3. The Kier molecular flexibility index (Phi) is 11.1. The molecule has 2 unspecified atom stereocenters. The Morgan fingerprint density at radius 1 is 1.15 bits per heavy atom. The van der Waals surface area contributed by atoms with Crippen molar-refractivity contribution in [1.29, 1.82) is 0 Å². The molecule has 3 rings (SSSR count). The fourth-order valence-electron chi connectivity index (χ4n) is 4.46. The summed E-state index contributed by atoms with van der Waals surface area (Å²) in [5.41, 5.74) is 2.45. The molecule has 3 N–H and O–H groups in total. The van der Waals surface area contributed by atoms with Crippen LogP contribution in [0.3, 0.4) is 0 Å². The van der Waals surface area contributed by atoms with Crippen molar-refractivity contribution in [2.75, 3.05) is 26.0 Å². The average molecular weight is 569 g/mol. The predicted molar refractivity (Wildman–Crippen MR) is 137 cm³/mol. The van der Waals surface area contributed by atoms with E-state index in [0.29, 0.717) is 44.3 Å². The Bertz CT molecular complexity index is 1180. The Hall–Kier alpha value is -3.15. The average Bonchev–Trinajstić information content (AvgIpc) is 3.57. The number of carboxylic acids is 2. The van der Waals surface area contributed by atoms with Gasteiger partial charge in [-0.2, -0.15) is 0 Å². The summed E-state index contributed by atoms with van der Waals surface area (Å²) >= 11 is 0.